The van der Waals surface area contributed by atoms with Crippen molar-refractivity contribution in [2.45, 2.75) is 32.1 Å². The zero-order valence-corrected chi connectivity index (χ0v) is 21.1. The minimum atomic E-state index is -0.0887. The number of nitrogens with zero attached hydrogens (tertiary/aromatic N) is 2. The fourth-order valence-electron chi connectivity index (χ4n) is 6.36. The molecular formula is C34H28N2O. The van der Waals surface area contributed by atoms with Gasteiger partial charge in [0.15, 0.2) is 0 Å². The maximum Gasteiger partial charge on any atom is 0.145 e. The first-order valence-electron chi connectivity index (χ1n) is 13.1. The Morgan fingerprint density at radius 1 is 0.676 bits per heavy atom. The number of benzene rings is 4. The number of rotatable bonds is 5. The first-order chi connectivity index (χ1) is 18.2. The van der Waals surface area contributed by atoms with Gasteiger partial charge in [-0.05, 0) is 78.1 Å². The standard InChI is InChI=1S/C34H28N2O/c1-3-34(4-2)28-19-20-35-33(36(23-13-7-5-8-14-23)24-15-9-6-10-16-24)32(28)27-21-26-25-17-11-12-18-30(25)37-31(26)22-29(27)34/h5-22H,3-4H2,1-2H3. The summed E-state index contributed by atoms with van der Waals surface area (Å²) in [5.74, 6) is 0.965. The molecule has 0 atom stereocenters. The molecule has 0 spiro atoms. The number of anilines is 3. The van der Waals surface area contributed by atoms with Crippen molar-refractivity contribution in [2.24, 2.45) is 0 Å². The van der Waals surface area contributed by atoms with E-state index in [-0.39, 0.29) is 5.41 Å². The highest BCUT2D eigenvalue weighted by molar-refractivity contribution is 6.08. The monoisotopic (exact) mass is 480 g/mol. The van der Waals surface area contributed by atoms with Gasteiger partial charge in [0.2, 0.25) is 0 Å². The third-order valence-electron chi connectivity index (χ3n) is 8.20. The highest BCUT2D eigenvalue weighted by Crippen LogP contribution is 2.57. The second kappa shape index (κ2) is 8.35. The lowest BCUT2D eigenvalue weighted by atomic mass is 9.74. The number of aromatic nitrogens is 1. The normalized spacial score (nSPS) is 13.6. The summed E-state index contributed by atoms with van der Waals surface area (Å²) in [6.45, 7) is 4.61. The van der Waals surface area contributed by atoms with Crippen LogP contribution >= 0.6 is 0 Å². The molecule has 2 aromatic heterocycles. The quantitative estimate of drug-likeness (QED) is 0.246. The van der Waals surface area contributed by atoms with Crippen molar-refractivity contribution in [3.63, 3.8) is 0 Å². The molecular weight excluding hydrogens is 452 g/mol. The van der Waals surface area contributed by atoms with Crippen molar-refractivity contribution in [1.82, 2.24) is 4.98 Å². The summed E-state index contributed by atoms with van der Waals surface area (Å²) < 4.78 is 6.35. The van der Waals surface area contributed by atoms with Gasteiger partial charge in [-0.3, -0.25) is 4.90 Å². The largest absolute Gasteiger partial charge is 0.456 e. The summed E-state index contributed by atoms with van der Waals surface area (Å²) in [5.41, 5.74) is 9.17. The average molecular weight is 481 g/mol. The van der Waals surface area contributed by atoms with Crippen LogP contribution in [0.3, 0.4) is 0 Å². The molecule has 0 saturated heterocycles. The number of furan rings is 1. The van der Waals surface area contributed by atoms with Gasteiger partial charge in [-0.2, -0.15) is 0 Å². The van der Waals surface area contributed by atoms with Crippen LogP contribution in [0.15, 0.2) is 114 Å². The molecule has 6 aromatic rings. The van der Waals surface area contributed by atoms with E-state index in [0.717, 1.165) is 52.0 Å². The molecule has 0 saturated carbocycles. The lowest BCUT2D eigenvalue weighted by molar-refractivity contribution is 0.490. The fourth-order valence-corrected chi connectivity index (χ4v) is 6.36. The van der Waals surface area contributed by atoms with Gasteiger partial charge in [-0.1, -0.05) is 68.4 Å². The Morgan fingerprint density at radius 3 is 2.00 bits per heavy atom. The minimum Gasteiger partial charge on any atom is -0.456 e. The lowest BCUT2D eigenvalue weighted by Crippen LogP contribution is -2.23. The fraction of sp³-hybridized carbons (Fsp3) is 0.147. The van der Waals surface area contributed by atoms with E-state index in [1.807, 2.05) is 12.3 Å². The molecule has 3 nitrogen and oxygen atoms in total. The molecule has 180 valence electrons. The summed E-state index contributed by atoms with van der Waals surface area (Å²) in [5, 5.41) is 2.31. The van der Waals surface area contributed by atoms with Crippen LogP contribution in [-0.4, -0.2) is 4.98 Å². The van der Waals surface area contributed by atoms with Gasteiger partial charge in [-0.15, -0.1) is 0 Å². The van der Waals surface area contributed by atoms with E-state index in [0.29, 0.717) is 0 Å². The predicted octanol–water partition coefficient (Wildman–Crippen LogP) is 9.54. The number of pyridine rings is 1. The van der Waals surface area contributed by atoms with Crippen LogP contribution in [0, 0.1) is 0 Å². The second-order valence-electron chi connectivity index (χ2n) is 9.85. The minimum absolute atomic E-state index is 0.0887. The van der Waals surface area contributed by atoms with Crippen LogP contribution in [0.25, 0.3) is 33.1 Å². The summed E-state index contributed by atoms with van der Waals surface area (Å²) in [7, 11) is 0. The number of fused-ring (bicyclic) bond motifs is 6. The SMILES string of the molecule is CCC1(CC)c2cc3oc4ccccc4c3cc2-c2c1ccnc2N(c1ccccc1)c1ccccc1. The Labute approximate surface area is 217 Å². The van der Waals surface area contributed by atoms with Crippen LogP contribution in [0.2, 0.25) is 0 Å². The summed E-state index contributed by atoms with van der Waals surface area (Å²) in [4.78, 5) is 7.36. The third kappa shape index (κ3) is 3.10. The van der Waals surface area contributed by atoms with E-state index in [9.17, 15) is 0 Å². The number of hydrogen-bond acceptors (Lipinski definition) is 3. The van der Waals surface area contributed by atoms with Crippen molar-refractivity contribution in [1.29, 1.82) is 0 Å². The molecule has 0 fully saturated rings. The van der Waals surface area contributed by atoms with Gasteiger partial charge in [0.05, 0.1) is 0 Å². The van der Waals surface area contributed by atoms with E-state index in [4.69, 9.17) is 9.40 Å². The maximum absolute atomic E-state index is 6.35. The van der Waals surface area contributed by atoms with Crippen molar-refractivity contribution in [3.8, 4) is 11.1 Å². The third-order valence-corrected chi connectivity index (χ3v) is 8.20. The predicted molar refractivity (Wildman–Crippen MR) is 153 cm³/mol. The molecule has 7 rings (SSSR count). The average Bonchev–Trinajstić information content (AvgIpc) is 3.46. The molecule has 37 heavy (non-hydrogen) atoms. The lowest BCUT2D eigenvalue weighted by Gasteiger charge is -2.30. The Bertz CT molecular complexity index is 1710. The molecule has 4 aromatic carbocycles. The van der Waals surface area contributed by atoms with E-state index >= 15 is 0 Å². The molecule has 0 bridgehead atoms. The summed E-state index contributed by atoms with van der Waals surface area (Å²) in [6, 6.07) is 36.3. The van der Waals surface area contributed by atoms with Crippen LogP contribution in [0.1, 0.15) is 37.8 Å². The van der Waals surface area contributed by atoms with Gasteiger partial charge < -0.3 is 4.42 Å². The molecule has 1 aliphatic carbocycles. The molecule has 0 unspecified atom stereocenters. The van der Waals surface area contributed by atoms with Crippen molar-refractivity contribution in [3.05, 3.63) is 120 Å². The first-order valence-corrected chi connectivity index (χ1v) is 13.1. The molecule has 0 N–H and O–H groups in total. The maximum atomic E-state index is 6.35. The molecule has 0 amide bonds. The van der Waals surface area contributed by atoms with E-state index < -0.39 is 0 Å². The number of para-hydroxylation sites is 3. The van der Waals surface area contributed by atoms with Gasteiger partial charge in [-0.25, -0.2) is 4.98 Å². The Morgan fingerprint density at radius 2 is 1.32 bits per heavy atom. The second-order valence-corrected chi connectivity index (χ2v) is 9.85. The van der Waals surface area contributed by atoms with Gasteiger partial charge >= 0.3 is 0 Å². The molecule has 2 heterocycles. The van der Waals surface area contributed by atoms with E-state index in [1.54, 1.807) is 0 Å². The summed E-state index contributed by atoms with van der Waals surface area (Å²) in [6.07, 6.45) is 4.00. The van der Waals surface area contributed by atoms with Crippen LogP contribution in [0.4, 0.5) is 17.2 Å². The van der Waals surface area contributed by atoms with Gasteiger partial charge in [0.1, 0.15) is 17.0 Å². The first kappa shape index (κ1) is 21.9. The van der Waals surface area contributed by atoms with Crippen molar-refractivity contribution in [2.75, 3.05) is 4.90 Å². The zero-order chi connectivity index (χ0) is 25.0. The smallest absolute Gasteiger partial charge is 0.145 e. The Hall–Kier alpha value is -4.37. The molecule has 0 aliphatic heterocycles. The molecule has 1 aliphatic rings. The number of hydrogen-bond donors (Lipinski definition) is 0. The zero-order valence-electron chi connectivity index (χ0n) is 21.1. The topological polar surface area (TPSA) is 29.3 Å². The van der Waals surface area contributed by atoms with Crippen LogP contribution in [0.5, 0.6) is 0 Å². The molecule has 0 radical (unpaired) electrons. The highest BCUT2D eigenvalue weighted by atomic mass is 16.3. The summed E-state index contributed by atoms with van der Waals surface area (Å²) >= 11 is 0. The van der Waals surface area contributed by atoms with Crippen molar-refractivity contribution < 1.29 is 4.42 Å². The van der Waals surface area contributed by atoms with Gasteiger partial charge in [0.25, 0.3) is 0 Å². The Balaban J connectivity index is 1.58. The van der Waals surface area contributed by atoms with E-state index in [1.165, 1.54) is 22.3 Å². The van der Waals surface area contributed by atoms with Crippen LogP contribution < -0.4 is 4.90 Å². The molecule has 3 heteroatoms. The Kier molecular flexibility index (Phi) is 4.93. The van der Waals surface area contributed by atoms with Crippen LogP contribution in [-0.2, 0) is 5.41 Å². The van der Waals surface area contributed by atoms with Crippen molar-refractivity contribution >= 4 is 39.1 Å². The van der Waals surface area contributed by atoms with E-state index in [2.05, 4.69) is 116 Å². The van der Waals surface area contributed by atoms with Gasteiger partial charge in [0, 0.05) is 39.3 Å². The highest BCUT2D eigenvalue weighted by Gasteiger charge is 2.43.